The number of nitrogens with zero attached hydrogens (tertiary/aromatic N) is 1. The average Bonchev–Trinajstić information content (AvgIpc) is 2.20. The summed E-state index contributed by atoms with van der Waals surface area (Å²) >= 11 is 0. The summed E-state index contributed by atoms with van der Waals surface area (Å²) in [5.74, 6) is 0.705. The summed E-state index contributed by atoms with van der Waals surface area (Å²) < 4.78 is 12.7. The first-order chi connectivity index (χ1) is 7.36. The summed E-state index contributed by atoms with van der Waals surface area (Å²) in [4.78, 5) is 4.24. The van der Waals surface area contributed by atoms with E-state index in [1.165, 1.54) is 0 Å². The predicted octanol–water partition coefficient (Wildman–Crippen LogP) is 3.90. The molecule has 0 radical (unpaired) electrons. The van der Waals surface area contributed by atoms with Crippen LogP contribution in [0.5, 0.6) is 0 Å². The third-order valence-corrected chi connectivity index (χ3v) is 6.38. The van der Waals surface area contributed by atoms with Crippen LogP contribution in [0.25, 0.3) is 0 Å². The van der Waals surface area contributed by atoms with Crippen molar-refractivity contribution in [1.29, 1.82) is 0 Å². The largest absolute Gasteiger partial charge is 0.320 e. The molecular weight excluding hydrogens is 219 g/mol. The number of rotatable bonds is 4. The van der Waals surface area contributed by atoms with E-state index in [1.807, 2.05) is 46.8 Å². The molecule has 0 bridgehead atoms. The molecule has 0 atom stereocenters. The van der Waals surface area contributed by atoms with Gasteiger partial charge in [0, 0.05) is 17.5 Å². The summed E-state index contributed by atoms with van der Waals surface area (Å²) in [5.41, 5.74) is 1.35. The highest BCUT2D eigenvalue weighted by molar-refractivity contribution is 7.66. The minimum atomic E-state index is -2.41. The van der Waals surface area contributed by atoms with E-state index in [-0.39, 0.29) is 11.3 Å². The lowest BCUT2D eigenvalue weighted by molar-refractivity contribution is 0.565. The SMILES string of the molecule is Cc1ccc(NP(=O)(C(C)C)C(C)C)nc1. The molecule has 1 aromatic rings. The minimum absolute atomic E-state index is 0.121. The molecule has 3 nitrogen and oxygen atoms in total. The van der Waals surface area contributed by atoms with Crippen molar-refractivity contribution in [1.82, 2.24) is 4.98 Å². The number of hydrogen-bond acceptors (Lipinski definition) is 2. The highest BCUT2D eigenvalue weighted by atomic mass is 31.2. The van der Waals surface area contributed by atoms with Gasteiger partial charge < -0.3 is 5.09 Å². The van der Waals surface area contributed by atoms with E-state index < -0.39 is 7.29 Å². The van der Waals surface area contributed by atoms with Crippen LogP contribution < -0.4 is 5.09 Å². The molecule has 0 aliphatic rings. The van der Waals surface area contributed by atoms with Crippen molar-refractivity contribution in [3.8, 4) is 0 Å². The zero-order valence-corrected chi connectivity index (χ0v) is 11.6. The van der Waals surface area contributed by atoms with Crippen molar-refractivity contribution in [3.05, 3.63) is 23.9 Å². The van der Waals surface area contributed by atoms with E-state index in [2.05, 4.69) is 10.1 Å². The fraction of sp³-hybridized carbons (Fsp3) is 0.583. The van der Waals surface area contributed by atoms with E-state index in [0.717, 1.165) is 5.56 Å². The van der Waals surface area contributed by atoms with E-state index in [1.54, 1.807) is 6.20 Å². The van der Waals surface area contributed by atoms with Gasteiger partial charge in [-0.3, -0.25) is 4.57 Å². The normalized spacial score (nSPS) is 12.2. The molecule has 0 spiro atoms. The Morgan fingerprint density at radius 3 is 2.12 bits per heavy atom. The predicted molar refractivity (Wildman–Crippen MR) is 70.5 cm³/mol. The van der Waals surface area contributed by atoms with Crippen LogP contribution >= 0.6 is 7.29 Å². The maximum Gasteiger partial charge on any atom is 0.175 e. The summed E-state index contributed by atoms with van der Waals surface area (Å²) in [5, 5.41) is 3.13. The lowest BCUT2D eigenvalue weighted by atomic mass is 10.3. The van der Waals surface area contributed by atoms with Gasteiger partial charge in [-0.1, -0.05) is 33.8 Å². The van der Waals surface area contributed by atoms with E-state index in [4.69, 9.17) is 0 Å². The van der Waals surface area contributed by atoms with E-state index in [9.17, 15) is 4.57 Å². The van der Waals surface area contributed by atoms with Crippen LogP contribution in [0.4, 0.5) is 5.82 Å². The number of pyridine rings is 1. The van der Waals surface area contributed by atoms with Crippen LogP contribution in [0, 0.1) is 6.92 Å². The zero-order chi connectivity index (χ0) is 12.3. The monoisotopic (exact) mass is 240 g/mol. The van der Waals surface area contributed by atoms with Crippen molar-refractivity contribution in [3.63, 3.8) is 0 Å². The van der Waals surface area contributed by atoms with E-state index >= 15 is 0 Å². The molecule has 0 aromatic carbocycles. The third kappa shape index (κ3) is 2.85. The van der Waals surface area contributed by atoms with Crippen LogP contribution in [0.3, 0.4) is 0 Å². The van der Waals surface area contributed by atoms with Crippen LogP contribution in [-0.2, 0) is 4.57 Å². The smallest absolute Gasteiger partial charge is 0.175 e. The lowest BCUT2D eigenvalue weighted by Gasteiger charge is -2.27. The van der Waals surface area contributed by atoms with Gasteiger partial charge in [0.15, 0.2) is 7.29 Å². The Bertz CT molecular complexity index is 373. The molecular formula is C12H21N2OP. The van der Waals surface area contributed by atoms with Crippen molar-refractivity contribution >= 4 is 13.1 Å². The minimum Gasteiger partial charge on any atom is -0.320 e. The molecule has 0 unspecified atom stereocenters. The van der Waals surface area contributed by atoms with Gasteiger partial charge in [-0.25, -0.2) is 4.98 Å². The first-order valence-electron chi connectivity index (χ1n) is 5.66. The topological polar surface area (TPSA) is 42.0 Å². The second kappa shape index (κ2) is 5.01. The fourth-order valence-electron chi connectivity index (χ4n) is 1.57. The van der Waals surface area contributed by atoms with Crippen molar-refractivity contribution in [2.45, 2.75) is 45.9 Å². The first kappa shape index (κ1) is 13.2. The van der Waals surface area contributed by atoms with Gasteiger partial charge in [0.05, 0.1) is 0 Å². The quantitative estimate of drug-likeness (QED) is 0.811. The van der Waals surface area contributed by atoms with Crippen LogP contribution in [0.2, 0.25) is 0 Å². The Morgan fingerprint density at radius 1 is 1.19 bits per heavy atom. The molecule has 1 heterocycles. The molecule has 4 heteroatoms. The molecule has 90 valence electrons. The second-order valence-corrected chi connectivity index (χ2v) is 8.44. The molecule has 1 N–H and O–H groups in total. The van der Waals surface area contributed by atoms with Crippen LogP contribution in [0.15, 0.2) is 18.3 Å². The number of aromatic nitrogens is 1. The lowest BCUT2D eigenvalue weighted by Crippen LogP contribution is -2.16. The zero-order valence-electron chi connectivity index (χ0n) is 10.7. The Labute approximate surface area is 98.1 Å². The van der Waals surface area contributed by atoms with Gasteiger partial charge in [0.25, 0.3) is 0 Å². The Kier molecular flexibility index (Phi) is 4.15. The fourth-order valence-corrected chi connectivity index (χ4v) is 3.77. The summed E-state index contributed by atoms with van der Waals surface area (Å²) in [6.07, 6.45) is 1.79. The van der Waals surface area contributed by atoms with Crippen molar-refractivity contribution < 1.29 is 4.57 Å². The van der Waals surface area contributed by atoms with Crippen LogP contribution in [-0.4, -0.2) is 16.3 Å². The molecule has 0 saturated carbocycles. The average molecular weight is 240 g/mol. The molecule has 0 aliphatic heterocycles. The van der Waals surface area contributed by atoms with Gasteiger partial charge in [-0.2, -0.15) is 0 Å². The van der Waals surface area contributed by atoms with E-state index in [0.29, 0.717) is 5.82 Å². The highest BCUT2D eigenvalue weighted by Gasteiger charge is 2.30. The van der Waals surface area contributed by atoms with Crippen molar-refractivity contribution in [2.24, 2.45) is 0 Å². The molecule has 1 rings (SSSR count). The van der Waals surface area contributed by atoms with Gasteiger partial charge in [0.1, 0.15) is 5.82 Å². The molecule has 0 aliphatic carbocycles. The molecule has 16 heavy (non-hydrogen) atoms. The number of anilines is 1. The summed E-state index contributed by atoms with van der Waals surface area (Å²) in [7, 11) is -2.41. The molecule has 0 amide bonds. The number of hydrogen-bond donors (Lipinski definition) is 1. The summed E-state index contributed by atoms with van der Waals surface area (Å²) in [6, 6.07) is 3.85. The van der Waals surface area contributed by atoms with Gasteiger partial charge >= 0.3 is 0 Å². The number of nitrogens with one attached hydrogen (secondary N) is 1. The Balaban J connectivity index is 2.93. The maximum absolute atomic E-state index is 12.7. The number of aryl methyl sites for hydroxylation is 1. The molecule has 1 aromatic heterocycles. The standard InChI is InChI=1S/C12H21N2OP/c1-9(2)16(15,10(3)4)14-12-7-6-11(5)8-13-12/h6-10H,1-5H3,(H,13,14,15). The third-order valence-electron chi connectivity index (χ3n) is 2.73. The van der Waals surface area contributed by atoms with Gasteiger partial charge in [-0.05, 0) is 18.6 Å². The molecule has 0 fully saturated rings. The second-order valence-electron chi connectivity index (χ2n) is 4.73. The first-order valence-corrected chi connectivity index (χ1v) is 7.51. The van der Waals surface area contributed by atoms with Gasteiger partial charge in [0.2, 0.25) is 0 Å². The highest BCUT2D eigenvalue weighted by Crippen LogP contribution is 2.53. The Morgan fingerprint density at radius 2 is 1.75 bits per heavy atom. The Hall–Kier alpha value is -0.820. The molecule has 0 saturated heterocycles. The summed E-state index contributed by atoms with van der Waals surface area (Å²) in [6.45, 7) is 9.94. The van der Waals surface area contributed by atoms with Crippen LogP contribution in [0.1, 0.15) is 33.3 Å². The van der Waals surface area contributed by atoms with Gasteiger partial charge in [-0.15, -0.1) is 0 Å². The maximum atomic E-state index is 12.7. The van der Waals surface area contributed by atoms with Crippen molar-refractivity contribution in [2.75, 3.05) is 5.09 Å².